The zero-order valence-electron chi connectivity index (χ0n) is 32.1. The van der Waals surface area contributed by atoms with Crippen LogP contribution in [0.2, 0.25) is 0 Å². The van der Waals surface area contributed by atoms with Crippen LogP contribution in [-0.4, -0.2) is 0 Å². The zero-order valence-corrected chi connectivity index (χ0v) is 28.1. The summed E-state index contributed by atoms with van der Waals surface area (Å²) < 4.78 is 44.4. The Balaban J connectivity index is 1.24. The molecule has 0 N–H and O–H groups in total. The van der Waals surface area contributed by atoms with Crippen molar-refractivity contribution in [1.82, 2.24) is 0 Å². The third kappa shape index (κ3) is 5.12. The number of furan rings is 1. The molecule has 9 aromatic carbocycles. The molecule has 0 fully saturated rings. The smallest absolute Gasteiger partial charge is 0.143 e. The van der Waals surface area contributed by atoms with Crippen LogP contribution >= 0.6 is 0 Å². The molecule has 1 heterocycles. The van der Waals surface area contributed by atoms with Crippen LogP contribution in [0.1, 0.15) is 5.48 Å². The number of hydrogen-bond donors (Lipinski definition) is 0. The van der Waals surface area contributed by atoms with Crippen LogP contribution in [-0.2, 0) is 0 Å². The lowest BCUT2D eigenvalue weighted by Crippen LogP contribution is -2.11. The van der Waals surface area contributed by atoms with E-state index in [0.29, 0.717) is 16.9 Å². The fourth-order valence-electron chi connectivity index (χ4n) is 7.42. The summed E-state index contributed by atoms with van der Waals surface area (Å²) in [7, 11) is 0. The van der Waals surface area contributed by atoms with Gasteiger partial charge in [0, 0.05) is 33.1 Å². The average Bonchev–Trinajstić information content (AvgIpc) is 3.65. The topological polar surface area (TPSA) is 16.4 Å². The molecule has 52 heavy (non-hydrogen) atoms. The summed E-state index contributed by atoms with van der Waals surface area (Å²) in [5.74, 6) is 0. The fourth-order valence-corrected chi connectivity index (χ4v) is 7.42. The van der Waals surface area contributed by atoms with Gasteiger partial charge >= 0.3 is 0 Å². The van der Waals surface area contributed by atoms with E-state index in [0.717, 1.165) is 65.7 Å². The van der Waals surface area contributed by atoms with E-state index in [2.05, 4.69) is 78.9 Å². The Morgan fingerprint density at radius 2 is 1.08 bits per heavy atom. The van der Waals surface area contributed by atoms with Crippen molar-refractivity contribution in [2.24, 2.45) is 0 Å². The Labute approximate surface area is 308 Å². The van der Waals surface area contributed by atoms with Gasteiger partial charge in [0.15, 0.2) is 0 Å². The Morgan fingerprint density at radius 3 is 1.96 bits per heavy atom. The first-order chi connectivity index (χ1) is 27.5. The number of nitrogens with zero attached hydrogens (tertiary/aromatic N) is 1. The molecule has 10 aromatic rings. The van der Waals surface area contributed by atoms with Crippen molar-refractivity contribution in [2.45, 2.75) is 0 Å². The molecule has 0 saturated carbocycles. The van der Waals surface area contributed by atoms with Crippen molar-refractivity contribution in [1.29, 1.82) is 0 Å². The van der Waals surface area contributed by atoms with Gasteiger partial charge in [-0.25, -0.2) is 0 Å². The van der Waals surface area contributed by atoms with E-state index in [1.807, 2.05) is 102 Å². The third-order valence-corrected chi connectivity index (χ3v) is 9.91. The van der Waals surface area contributed by atoms with Crippen LogP contribution in [0.15, 0.2) is 205 Å². The summed E-state index contributed by atoms with van der Waals surface area (Å²) in [6, 6.07) is 58.0. The highest BCUT2D eigenvalue weighted by atomic mass is 16.3. The molecule has 0 spiro atoms. The molecule has 0 aliphatic carbocycles. The van der Waals surface area contributed by atoms with E-state index in [1.54, 1.807) is 0 Å². The molecule has 0 bridgehead atoms. The van der Waals surface area contributed by atoms with Gasteiger partial charge in [0.25, 0.3) is 0 Å². The Hall–Kier alpha value is -6.90. The molecular formula is C50H33NO. The molecular weight excluding hydrogens is 631 g/mol. The highest BCUT2D eigenvalue weighted by molar-refractivity contribution is 6.19. The second kappa shape index (κ2) is 12.5. The van der Waals surface area contributed by atoms with Crippen LogP contribution in [0.3, 0.4) is 0 Å². The molecule has 10 rings (SSSR count). The zero-order chi connectivity index (χ0) is 37.9. The number of para-hydroxylation sites is 1. The number of hydrogen-bond acceptors (Lipinski definition) is 2. The molecule has 0 atom stereocenters. The largest absolute Gasteiger partial charge is 0.455 e. The summed E-state index contributed by atoms with van der Waals surface area (Å²) >= 11 is 0. The molecule has 2 nitrogen and oxygen atoms in total. The molecule has 0 saturated heterocycles. The second-order valence-corrected chi connectivity index (χ2v) is 13.0. The average molecular weight is 668 g/mol. The number of benzene rings is 9. The molecule has 0 radical (unpaired) electrons. The Morgan fingerprint density at radius 1 is 0.404 bits per heavy atom. The summed E-state index contributed by atoms with van der Waals surface area (Å²) in [6.07, 6.45) is 0. The summed E-state index contributed by atoms with van der Waals surface area (Å²) in [6.45, 7) is 0. The Bertz CT molecular complexity index is 3120. The molecule has 1 aromatic heterocycles. The minimum absolute atomic E-state index is 0.102. The normalized spacial score (nSPS) is 12.5. The Kier molecular flexibility index (Phi) is 6.22. The monoisotopic (exact) mass is 667 g/mol. The quantitative estimate of drug-likeness (QED) is 0.175. The van der Waals surface area contributed by atoms with Crippen molar-refractivity contribution in [3.8, 4) is 33.4 Å². The minimum atomic E-state index is -0.130. The van der Waals surface area contributed by atoms with Gasteiger partial charge in [0.2, 0.25) is 0 Å². The van der Waals surface area contributed by atoms with Gasteiger partial charge in [-0.3, -0.25) is 0 Å². The summed E-state index contributed by atoms with van der Waals surface area (Å²) in [5, 5.41) is 6.37. The predicted molar refractivity (Wildman–Crippen MR) is 220 cm³/mol. The van der Waals surface area contributed by atoms with E-state index in [4.69, 9.17) is 4.42 Å². The highest BCUT2D eigenvalue weighted by Gasteiger charge is 2.21. The standard InChI is InChI=1S/C50H33NO/c1-2-12-34(13-3-1)36-26-29-41(30-27-36)51(42-18-10-17-39(33-42)40-25-24-35-14-4-5-16-38(35)32-40)47-22-9-8-20-44(47)45-21-11-23-48-49(45)46-31-28-37-15-6-7-19-43(37)50(46)52-48/h1-33H/i26D,27D,29D,30D. The van der Waals surface area contributed by atoms with Gasteiger partial charge in [-0.15, -0.1) is 0 Å². The molecule has 0 amide bonds. The van der Waals surface area contributed by atoms with Crippen LogP contribution in [0.4, 0.5) is 17.1 Å². The fraction of sp³-hybridized carbons (Fsp3) is 0. The van der Waals surface area contributed by atoms with E-state index in [9.17, 15) is 5.48 Å². The van der Waals surface area contributed by atoms with Crippen LogP contribution < -0.4 is 4.90 Å². The van der Waals surface area contributed by atoms with Gasteiger partial charge in [0.1, 0.15) is 11.2 Å². The summed E-state index contributed by atoms with van der Waals surface area (Å²) in [4.78, 5) is 1.89. The third-order valence-electron chi connectivity index (χ3n) is 9.91. The van der Waals surface area contributed by atoms with Crippen molar-refractivity contribution < 1.29 is 9.90 Å². The van der Waals surface area contributed by atoms with Gasteiger partial charge in [0.05, 0.1) is 11.2 Å². The van der Waals surface area contributed by atoms with Crippen molar-refractivity contribution in [3.63, 3.8) is 0 Å². The number of rotatable bonds is 6. The van der Waals surface area contributed by atoms with Crippen LogP contribution in [0.5, 0.6) is 0 Å². The molecule has 0 aliphatic heterocycles. The van der Waals surface area contributed by atoms with E-state index >= 15 is 0 Å². The van der Waals surface area contributed by atoms with E-state index in [-0.39, 0.29) is 35.4 Å². The maximum atomic E-state index is 9.58. The first-order valence-electron chi connectivity index (χ1n) is 19.4. The number of anilines is 3. The van der Waals surface area contributed by atoms with E-state index < -0.39 is 0 Å². The maximum Gasteiger partial charge on any atom is 0.143 e. The minimum Gasteiger partial charge on any atom is -0.455 e. The van der Waals surface area contributed by atoms with Crippen LogP contribution in [0, 0.1) is 0 Å². The lowest BCUT2D eigenvalue weighted by Gasteiger charge is -2.28. The first kappa shape index (κ1) is 26.0. The lowest BCUT2D eigenvalue weighted by atomic mass is 9.95. The van der Waals surface area contributed by atoms with E-state index in [1.165, 1.54) is 0 Å². The second-order valence-electron chi connectivity index (χ2n) is 13.0. The van der Waals surface area contributed by atoms with Gasteiger partial charge in [-0.05, 0) is 92.5 Å². The maximum absolute atomic E-state index is 9.58. The number of fused-ring (bicyclic) bond motifs is 6. The van der Waals surface area contributed by atoms with Crippen LogP contribution in [0.25, 0.3) is 76.9 Å². The van der Waals surface area contributed by atoms with Crippen molar-refractivity contribution in [2.75, 3.05) is 4.90 Å². The van der Waals surface area contributed by atoms with Gasteiger partial charge in [-0.2, -0.15) is 0 Å². The lowest BCUT2D eigenvalue weighted by molar-refractivity contribution is 0.673. The highest BCUT2D eigenvalue weighted by Crippen LogP contribution is 2.46. The molecule has 244 valence electrons. The molecule has 0 unspecified atom stereocenters. The SMILES string of the molecule is [2H]c1c([2H])c(N(c2cccc(-c3ccc4ccccc4c3)c2)c2ccccc2-c2cccc3oc4c5ccccc5ccc4c23)c([2H])c([2H])c1-c1ccccc1. The predicted octanol–water partition coefficient (Wildman–Crippen LogP) is 14.4. The van der Waals surface area contributed by atoms with Crippen molar-refractivity contribution in [3.05, 3.63) is 200 Å². The van der Waals surface area contributed by atoms with Crippen molar-refractivity contribution >= 4 is 60.5 Å². The van der Waals surface area contributed by atoms with Gasteiger partial charge in [-0.1, -0.05) is 152 Å². The summed E-state index contributed by atoms with van der Waals surface area (Å²) in [5.41, 5.74) is 7.82. The molecule has 2 heteroatoms. The molecule has 0 aliphatic rings. The first-order valence-corrected chi connectivity index (χ1v) is 17.4. The van der Waals surface area contributed by atoms with Gasteiger partial charge < -0.3 is 9.32 Å².